The molecule has 0 fully saturated rings. The average Bonchev–Trinajstić information content (AvgIpc) is 2.36. The molecule has 0 aromatic heterocycles. The van der Waals surface area contributed by atoms with Crippen LogP contribution in [0.4, 0.5) is 0 Å². The highest BCUT2D eigenvalue weighted by Gasteiger charge is 2.19. The molecule has 18 heavy (non-hydrogen) atoms. The molecule has 0 aliphatic rings. The Hall–Kier alpha value is -1.12. The van der Waals surface area contributed by atoms with Crippen LogP contribution < -0.4 is 0 Å². The van der Waals surface area contributed by atoms with Gasteiger partial charge in [0.2, 0.25) is 0 Å². The molecule has 2 heteroatoms. The zero-order valence-electron chi connectivity index (χ0n) is 11.6. The number of aliphatic hydroxyl groups is 1. The van der Waals surface area contributed by atoms with E-state index >= 15 is 0 Å². The fourth-order valence-corrected chi connectivity index (χ4v) is 1.95. The summed E-state index contributed by atoms with van der Waals surface area (Å²) in [5.74, 6) is 0.408. The van der Waals surface area contributed by atoms with Gasteiger partial charge in [-0.2, -0.15) is 0 Å². The summed E-state index contributed by atoms with van der Waals surface area (Å²) >= 11 is 0. The molecule has 0 spiro atoms. The van der Waals surface area contributed by atoms with Crippen molar-refractivity contribution in [1.29, 1.82) is 0 Å². The molecule has 0 unspecified atom stereocenters. The molecule has 0 heterocycles. The highest BCUT2D eigenvalue weighted by Crippen LogP contribution is 2.27. The topological polar surface area (TPSA) is 29.5 Å². The van der Waals surface area contributed by atoms with Gasteiger partial charge in [-0.25, -0.2) is 0 Å². The smallest absolute Gasteiger partial charge is 0.0600 e. The summed E-state index contributed by atoms with van der Waals surface area (Å²) in [5.41, 5.74) is 2.23. The summed E-state index contributed by atoms with van der Waals surface area (Å²) in [4.78, 5) is 0. The molecule has 100 valence electrons. The van der Waals surface area contributed by atoms with Crippen LogP contribution in [0.15, 0.2) is 42.5 Å². The van der Waals surface area contributed by atoms with Gasteiger partial charge >= 0.3 is 0 Å². The summed E-state index contributed by atoms with van der Waals surface area (Å²) in [6.07, 6.45) is 0.293. The normalized spacial score (nSPS) is 14.5. The van der Waals surface area contributed by atoms with Gasteiger partial charge in [-0.15, -0.1) is 0 Å². The number of hydrogen-bond acceptors (Lipinski definition) is 2. The third kappa shape index (κ3) is 4.28. The van der Waals surface area contributed by atoms with E-state index in [0.717, 1.165) is 5.57 Å². The summed E-state index contributed by atoms with van der Waals surface area (Å²) in [7, 11) is 1.70. The van der Waals surface area contributed by atoms with Gasteiger partial charge in [0.05, 0.1) is 12.7 Å². The predicted octanol–water partition coefficient (Wildman–Crippen LogP) is 3.38. The van der Waals surface area contributed by atoms with Gasteiger partial charge in [-0.05, 0) is 17.9 Å². The van der Waals surface area contributed by atoms with Gasteiger partial charge in [0.25, 0.3) is 0 Å². The van der Waals surface area contributed by atoms with Gasteiger partial charge in [0.1, 0.15) is 0 Å². The molecule has 0 bridgehead atoms. The van der Waals surface area contributed by atoms with Gasteiger partial charge < -0.3 is 9.84 Å². The van der Waals surface area contributed by atoms with Crippen molar-refractivity contribution < 1.29 is 9.84 Å². The van der Waals surface area contributed by atoms with Crippen LogP contribution in [0.1, 0.15) is 31.7 Å². The van der Waals surface area contributed by atoms with Crippen molar-refractivity contribution in [1.82, 2.24) is 0 Å². The van der Waals surface area contributed by atoms with Crippen LogP contribution in [0.3, 0.4) is 0 Å². The molecule has 2 atom stereocenters. The van der Waals surface area contributed by atoms with E-state index in [0.29, 0.717) is 13.0 Å². The maximum atomic E-state index is 9.96. The van der Waals surface area contributed by atoms with Crippen LogP contribution in [0.25, 0.3) is 0 Å². The molecule has 1 rings (SSSR count). The Bertz CT molecular complexity index is 357. The quantitative estimate of drug-likeness (QED) is 0.750. The first-order valence-electron chi connectivity index (χ1n) is 6.45. The Morgan fingerprint density at radius 1 is 1.28 bits per heavy atom. The number of benzene rings is 1. The zero-order chi connectivity index (χ0) is 13.5. The van der Waals surface area contributed by atoms with E-state index in [1.165, 1.54) is 5.56 Å². The zero-order valence-corrected chi connectivity index (χ0v) is 11.6. The lowest BCUT2D eigenvalue weighted by molar-refractivity contribution is 0.120. The van der Waals surface area contributed by atoms with E-state index < -0.39 is 0 Å². The molecule has 1 aromatic rings. The Kier molecular flexibility index (Phi) is 6.10. The van der Waals surface area contributed by atoms with E-state index in [2.05, 4.69) is 18.7 Å². The first-order chi connectivity index (χ1) is 8.56. The van der Waals surface area contributed by atoms with Crippen LogP contribution in [0, 0.1) is 5.92 Å². The third-order valence-corrected chi connectivity index (χ3v) is 3.27. The minimum absolute atomic E-state index is 0.157. The Morgan fingerprint density at radius 3 is 2.39 bits per heavy atom. The molecule has 2 nitrogen and oxygen atoms in total. The molecule has 0 aliphatic heterocycles. The number of hydrogen-bond donors (Lipinski definition) is 1. The predicted molar refractivity (Wildman–Crippen MR) is 75.7 cm³/mol. The standard InChI is InChI=1S/C16H24O2/c1-12(2)16(17)10-13(3)15(11-18-4)14-8-6-5-7-9-14/h5-9,12,15-17H,3,10-11H2,1-2,4H3/t15-,16-/m1/s1. The Morgan fingerprint density at radius 2 is 1.89 bits per heavy atom. The van der Waals surface area contributed by atoms with Crippen molar-refractivity contribution in [3.8, 4) is 0 Å². The van der Waals surface area contributed by atoms with E-state index in [-0.39, 0.29) is 17.9 Å². The maximum absolute atomic E-state index is 9.96. The molecule has 0 saturated carbocycles. The van der Waals surface area contributed by atoms with Crippen LogP contribution in [-0.2, 0) is 4.74 Å². The monoisotopic (exact) mass is 248 g/mol. The van der Waals surface area contributed by atoms with Crippen molar-refractivity contribution in [2.75, 3.05) is 13.7 Å². The highest BCUT2D eigenvalue weighted by molar-refractivity contribution is 5.28. The number of rotatable bonds is 7. The first-order valence-corrected chi connectivity index (χ1v) is 6.45. The van der Waals surface area contributed by atoms with E-state index in [1.807, 2.05) is 32.0 Å². The second-order valence-electron chi connectivity index (χ2n) is 5.09. The van der Waals surface area contributed by atoms with Crippen molar-refractivity contribution >= 4 is 0 Å². The third-order valence-electron chi connectivity index (χ3n) is 3.27. The lowest BCUT2D eigenvalue weighted by Crippen LogP contribution is -2.19. The highest BCUT2D eigenvalue weighted by atomic mass is 16.5. The summed E-state index contributed by atoms with van der Waals surface area (Å²) < 4.78 is 5.28. The number of aliphatic hydroxyl groups excluding tert-OH is 1. The van der Waals surface area contributed by atoms with Crippen molar-refractivity contribution in [2.24, 2.45) is 5.92 Å². The van der Waals surface area contributed by atoms with Crippen molar-refractivity contribution in [3.63, 3.8) is 0 Å². The Balaban J connectivity index is 2.76. The van der Waals surface area contributed by atoms with Gasteiger partial charge in [-0.1, -0.05) is 56.3 Å². The van der Waals surface area contributed by atoms with Crippen molar-refractivity contribution in [3.05, 3.63) is 48.0 Å². The minimum atomic E-state index is -0.333. The molecule has 1 N–H and O–H groups in total. The number of methoxy groups -OCH3 is 1. The number of ether oxygens (including phenoxy) is 1. The van der Waals surface area contributed by atoms with Crippen LogP contribution in [0.2, 0.25) is 0 Å². The van der Waals surface area contributed by atoms with E-state index in [1.54, 1.807) is 7.11 Å². The van der Waals surface area contributed by atoms with Gasteiger partial charge in [0.15, 0.2) is 0 Å². The summed E-state index contributed by atoms with van der Waals surface area (Å²) in [5, 5.41) is 9.96. The van der Waals surface area contributed by atoms with Gasteiger partial charge in [-0.3, -0.25) is 0 Å². The lowest BCUT2D eigenvalue weighted by Gasteiger charge is -2.23. The first kappa shape index (κ1) is 14.9. The maximum Gasteiger partial charge on any atom is 0.0600 e. The van der Waals surface area contributed by atoms with Crippen LogP contribution in [-0.4, -0.2) is 24.9 Å². The van der Waals surface area contributed by atoms with E-state index in [4.69, 9.17) is 4.74 Å². The molecule has 0 aliphatic carbocycles. The molecular formula is C16H24O2. The second-order valence-corrected chi connectivity index (χ2v) is 5.09. The molecule has 0 radical (unpaired) electrons. The lowest BCUT2D eigenvalue weighted by atomic mass is 9.87. The minimum Gasteiger partial charge on any atom is -0.393 e. The van der Waals surface area contributed by atoms with E-state index in [9.17, 15) is 5.11 Å². The Labute approximate surface area is 110 Å². The van der Waals surface area contributed by atoms with Crippen molar-refractivity contribution in [2.45, 2.75) is 32.3 Å². The molecule has 1 aromatic carbocycles. The largest absolute Gasteiger partial charge is 0.393 e. The summed E-state index contributed by atoms with van der Waals surface area (Å²) in [6, 6.07) is 10.2. The molecular weight excluding hydrogens is 224 g/mol. The summed E-state index contributed by atoms with van der Waals surface area (Å²) in [6.45, 7) is 8.78. The molecule has 0 saturated heterocycles. The SMILES string of the molecule is C=C(C[C@@H](O)C(C)C)[C@@H](COC)c1ccccc1. The molecule has 0 amide bonds. The fourth-order valence-electron chi connectivity index (χ4n) is 1.95. The average molecular weight is 248 g/mol. The van der Waals surface area contributed by atoms with Crippen LogP contribution in [0.5, 0.6) is 0 Å². The fraction of sp³-hybridized carbons (Fsp3) is 0.500. The van der Waals surface area contributed by atoms with Gasteiger partial charge in [0, 0.05) is 13.0 Å². The van der Waals surface area contributed by atoms with Crippen LogP contribution >= 0.6 is 0 Å². The second kappa shape index (κ2) is 7.34.